The van der Waals surface area contributed by atoms with E-state index in [4.69, 9.17) is 57.6 Å². The topological polar surface area (TPSA) is 23.6 Å². The van der Waals surface area contributed by atoms with Crippen LogP contribution in [0.5, 0.6) is 0 Å². The highest BCUT2D eigenvalue weighted by atomic mass is 35.7. The van der Waals surface area contributed by atoms with Crippen molar-refractivity contribution in [2.24, 2.45) is 0 Å². The van der Waals surface area contributed by atoms with E-state index in [2.05, 4.69) is 0 Å². The fraction of sp³-hybridized carbons (Fsp3) is 1.00. The first kappa shape index (κ1) is 18.6. The zero-order chi connectivity index (χ0) is 13.3. The van der Waals surface area contributed by atoms with Crippen molar-refractivity contribution in [3.8, 4) is 0 Å². The number of hydrogen-bond donors (Lipinski definition) is 0. The summed E-state index contributed by atoms with van der Waals surface area (Å²) in [6, 6.07) is 0. The summed E-state index contributed by atoms with van der Waals surface area (Å²) in [5.74, 6) is 1.35. The van der Waals surface area contributed by atoms with Crippen molar-refractivity contribution >= 4 is 64.4 Å². The van der Waals surface area contributed by atoms with E-state index >= 15 is 0 Å². The molecule has 0 aromatic heterocycles. The van der Waals surface area contributed by atoms with Crippen LogP contribution in [-0.4, -0.2) is 59.0 Å². The molecule has 3 nitrogen and oxygen atoms in total. The Kier molecular flexibility index (Phi) is 11.4. The molecule has 0 radical (unpaired) electrons. The molecule has 17 heavy (non-hydrogen) atoms. The van der Waals surface area contributed by atoms with Crippen molar-refractivity contribution in [2.75, 3.05) is 49.7 Å². The van der Waals surface area contributed by atoms with Crippen molar-refractivity contribution in [3.63, 3.8) is 0 Å². The van der Waals surface area contributed by atoms with Gasteiger partial charge in [0.25, 0.3) is 0 Å². The highest BCUT2D eigenvalue weighted by Crippen LogP contribution is 2.57. The van der Waals surface area contributed by atoms with Gasteiger partial charge in [-0.1, -0.05) is 0 Å². The van der Waals surface area contributed by atoms with Gasteiger partial charge in [0.2, 0.25) is 0 Å². The minimum Gasteiger partial charge on any atom is -0.271 e. The molecular formula is C8H16Cl5N2OP. The lowest BCUT2D eigenvalue weighted by Gasteiger charge is -2.33. The van der Waals surface area contributed by atoms with Gasteiger partial charge in [-0.2, -0.15) is 0 Å². The van der Waals surface area contributed by atoms with Gasteiger partial charge in [-0.15, -0.1) is 46.4 Å². The standard InChI is InChI=1S/C8H16Cl5N2OP/c9-1-5-14(6-2-10)17(13,16)15(7-3-11)8-4-12/h1-8H2. The van der Waals surface area contributed by atoms with E-state index in [0.717, 1.165) is 0 Å². The normalized spacial score (nSPS) is 12.6. The first-order valence-corrected chi connectivity index (χ1v) is 9.74. The summed E-state index contributed by atoms with van der Waals surface area (Å²) in [6.07, 6.45) is 0. The lowest BCUT2D eigenvalue weighted by Crippen LogP contribution is -2.34. The average molecular weight is 364 g/mol. The number of rotatable bonds is 10. The van der Waals surface area contributed by atoms with Gasteiger partial charge in [-0.05, 0) is 11.2 Å². The van der Waals surface area contributed by atoms with E-state index in [9.17, 15) is 4.57 Å². The summed E-state index contributed by atoms with van der Waals surface area (Å²) in [7, 11) is 0. The maximum atomic E-state index is 12.6. The van der Waals surface area contributed by atoms with Gasteiger partial charge in [-0.25, -0.2) is 9.34 Å². The molecule has 0 bridgehead atoms. The molecule has 9 heteroatoms. The average Bonchev–Trinajstić information content (AvgIpc) is 2.28. The molecule has 0 fully saturated rings. The van der Waals surface area contributed by atoms with Gasteiger partial charge >= 0.3 is 6.80 Å². The van der Waals surface area contributed by atoms with Gasteiger partial charge in [0.15, 0.2) is 0 Å². The van der Waals surface area contributed by atoms with Crippen molar-refractivity contribution in [1.29, 1.82) is 0 Å². The van der Waals surface area contributed by atoms with Gasteiger partial charge in [0.1, 0.15) is 0 Å². The lowest BCUT2D eigenvalue weighted by atomic mass is 10.6. The van der Waals surface area contributed by atoms with Crippen LogP contribution in [0, 0.1) is 0 Å². The van der Waals surface area contributed by atoms with Gasteiger partial charge in [0.05, 0.1) is 0 Å². The third-order valence-corrected chi connectivity index (χ3v) is 6.22. The summed E-state index contributed by atoms with van der Waals surface area (Å²) >= 11 is 28.8. The second-order valence-corrected chi connectivity index (χ2v) is 8.05. The van der Waals surface area contributed by atoms with E-state index in [1.54, 1.807) is 9.34 Å². The Morgan fingerprint density at radius 1 is 0.706 bits per heavy atom. The van der Waals surface area contributed by atoms with E-state index in [1.807, 2.05) is 0 Å². The molecule has 0 N–H and O–H groups in total. The molecule has 0 aliphatic rings. The third-order valence-electron chi connectivity index (χ3n) is 2.07. The molecule has 0 heterocycles. The third kappa shape index (κ3) is 6.54. The van der Waals surface area contributed by atoms with Crippen LogP contribution >= 0.6 is 64.4 Å². The fourth-order valence-corrected chi connectivity index (χ4v) is 5.23. The van der Waals surface area contributed by atoms with Crippen LogP contribution < -0.4 is 0 Å². The van der Waals surface area contributed by atoms with E-state index in [1.165, 1.54) is 0 Å². The van der Waals surface area contributed by atoms with E-state index in [-0.39, 0.29) is 0 Å². The second kappa shape index (κ2) is 10.4. The Balaban J connectivity index is 4.78. The van der Waals surface area contributed by atoms with Crippen LogP contribution in [0.25, 0.3) is 0 Å². The maximum Gasteiger partial charge on any atom is 0.304 e. The molecule has 0 spiro atoms. The molecule has 0 amide bonds. The Morgan fingerprint density at radius 3 is 1.12 bits per heavy atom. The molecule has 0 saturated heterocycles. The van der Waals surface area contributed by atoms with Gasteiger partial charge < -0.3 is 0 Å². The van der Waals surface area contributed by atoms with Crippen molar-refractivity contribution in [2.45, 2.75) is 0 Å². The van der Waals surface area contributed by atoms with Crippen LogP contribution in [-0.2, 0) is 4.57 Å². The van der Waals surface area contributed by atoms with Crippen LogP contribution in [0.2, 0.25) is 0 Å². The summed E-state index contributed by atoms with van der Waals surface area (Å²) < 4.78 is 15.7. The Morgan fingerprint density at radius 2 is 0.941 bits per heavy atom. The Bertz CT molecular complexity index is 214. The molecule has 0 aromatic carbocycles. The summed E-state index contributed by atoms with van der Waals surface area (Å²) in [6.45, 7) is -1.53. The fourth-order valence-electron chi connectivity index (χ4n) is 1.29. The van der Waals surface area contributed by atoms with Crippen LogP contribution in [0.4, 0.5) is 0 Å². The SMILES string of the molecule is O=P(Cl)(N(CCCl)CCCl)N(CCCl)CCCl. The Hall–Kier alpha value is 1.60. The highest BCUT2D eigenvalue weighted by Gasteiger charge is 2.33. The quantitative estimate of drug-likeness (QED) is 0.434. The first-order chi connectivity index (χ1) is 8.04. The smallest absolute Gasteiger partial charge is 0.271 e. The van der Waals surface area contributed by atoms with E-state index in [0.29, 0.717) is 49.7 Å². The Labute approximate surface area is 128 Å². The summed E-state index contributed by atoms with van der Waals surface area (Å²) in [5, 5.41) is 0. The number of nitrogens with zero attached hydrogens (tertiary/aromatic N) is 2. The zero-order valence-corrected chi connectivity index (χ0v) is 14.0. The van der Waals surface area contributed by atoms with Crippen molar-refractivity contribution in [3.05, 3.63) is 0 Å². The molecule has 0 aromatic rings. The lowest BCUT2D eigenvalue weighted by molar-refractivity contribution is 0.378. The van der Waals surface area contributed by atoms with Crippen LogP contribution in [0.1, 0.15) is 0 Å². The molecule has 0 aliphatic heterocycles. The molecule has 104 valence electrons. The molecule has 0 unspecified atom stereocenters. The number of hydrogen-bond acceptors (Lipinski definition) is 1. The van der Waals surface area contributed by atoms with Crippen LogP contribution in [0.3, 0.4) is 0 Å². The second-order valence-electron chi connectivity index (χ2n) is 3.14. The van der Waals surface area contributed by atoms with Crippen LogP contribution in [0.15, 0.2) is 0 Å². The molecule has 0 aliphatic carbocycles. The zero-order valence-electron chi connectivity index (χ0n) is 9.30. The summed E-state index contributed by atoms with van der Waals surface area (Å²) in [5.41, 5.74) is 0. The predicted molar refractivity (Wildman–Crippen MR) is 79.5 cm³/mol. The number of alkyl halides is 4. The molecular weight excluding hydrogens is 348 g/mol. The van der Waals surface area contributed by atoms with Gasteiger partial charge in [0, 0.05) is 49.7 Å². The summed E-state index contributed by atoms with van der Waals surface area (Å²) in [4.78, 5) is 0. The van der Waals surface area contributed by atoms with E-state index < -0.39 is 6.80 Å². The molecule has 0 atom stereocenters. The largest absolute Gasteiger partial charge is 0.304 e. The maximum absolute atomic E-state index is 12.6. The van der Waals surface area contributed by atoms with Crippen molar-refractivity contribution < 1.29 is 4.57 Å². The van der Waals surface area contributed by atoms with Crippen molar-refractivity contribution in [1.82, 2.24) is 9.34 Å². The molecule has 0 saturated carbocycles. The minimum atomic E-state index is -3.18. The minimum absolute atomic E-state index is 0.336. The monoisotopic (exact) mass is 362 g/mol. The highest BCUT2D eigenvalue weighted by molar-refractivity contribution is 7.85. The van der Waals surface area contributed by atoms with Gasteiger partial charge in [-0.3, -0.25) is 4.57 Å². The first-order valence-electron chi connectivity index (χ1n) is 5.09. The number of halogens is 5. The molecule has 0 rings (SSSR count). The predicted octanol–water partition coefficient (Wildman–Crippen LogP) is 3.89.